The topological polar surface area (TPSA) is 55.6 Å². The van der Waals surface area contributed by atoms with Gasteiger partial charge >= 0.3 is 12.4 Å². The molecule has 2 aromatic rings. The van der Waals surface area contributed by atoms with E-state index < -0.39 is 57.1 Å². The van der Waals surface area contributed by atoms with Crippen LogP contribution in [-0.4, -0.2) is 35.9 Å². The lowest BCUT2D eigenvalue weighted by atomic mass is 9.79. The standard InChI is InChI=1S/C23H24F6N2O2S/c1-21(34,31-10-6-7-11-31)18(13-8-4-3-5-9-13)16-14(22(24,25)26)12-15(23(27,28)29)17(20(30)32)19(16)33-2/h3-5,8-9,12,18,34H,6-7,10-11H2,1-2H3,(H2,30,32). The van der Waals surface area contributed by atoms with Crippen molar-refractivity contribution in [1.29, 1.82) is 0 Å². The van der Waals surface area contributed by atoms with Gasteiger partial charge in [-0.25, -0.2) is 0 Å². The van der Waals surface area contributed by atoms with Crippen molar-refractivity contribution in [2.45, 2.75) is 42.9 Å². The lowest BCUT2D eigenvalue weighted by Crippen LogP contribution is -2.46. The average Bonchev–Trinajstić information content (AvgIpc) is 3.28. The number of halogens is 6. The summed E-state index contributed by atoms with van der Waals surface area (Å²) in [7, 11) is 0.916. The summed E-state index contributed by atoms with van der Waals surface area (Å²) in [5, 5.41) is 0. The van der Waals surface area contributed by atoms with E-state index in [0.717, 1.165) is 20.0 Å². The third-order valence-electron chi connectivity index (χ3n) is 6.10. The van der Waals surface area contributed by atoms with Crippen LogP contribution < -0.4 is 10.5 Å². The third kappa shape index (κ3) is 4.86. The number of nitrogens with zero attached hydrogens (tertiary/aromatic N) is 1. The fourth-order valence-corrected chi connectivity index (χ4v) is 5.11. The molecule has 11 heteroatoms. The third-order valence-corrected chi connectivity index (χ3v) is 6.64. The number of amides is 1. The highest BCUT2D eigenvalue weighted by Crippen LogP contribution is 2.53. The van der Waals surface area contributed by atoms with Gasteiger partial charge in [0.15, 0.2) is 0 Å². The lowest BCUT2D eigenvalue weighted by molar-refractivity contribution is -0.144. The molecule has 1 heterocycles. The molecule has 2 atom stereocenters. The summed E-state index contributed by atoms with van der Waals surface area (Å²) in [6.07, 6.45) is -8.89. The SMILES string of the molecule is COc1c(C(N)=O)c(C(F)(F)F)cc(C(F)(F)F)c1C(c1ccccc1)C(C)(S)N1CCCC1. The van der Waals surface area contributed by atoms with E-state index in [1.54, 1.807) is 37.3 Å². The maximum absolute atomic E-state index is 14.3. The van der Waals surface area contributed by atoms with Gasteiger partial charge in [0.2, 0.25) is 0 Å². The minimum Gasteiger partial charge on any atom is -0.496 e. The molecule has 0 bridgehead atoms. The maximum Gasteiger partial charge on any atom is 0.417 e. The Labute approximate surface area is 198 Å². The monoisotopic (exact) mass is 506 g/mol. The van der Waals surface area contributed by atoms with Crippen LogP contribution in [0.2, 0.25) is 0 Å². The number of thiol groups is 1. The molecular weight excluding hydrogens is 482 g/mol. The van der Waals surface area contributed by atoms with Gasteiger partial charge in [-0.3, -0.25) is 9.69 Å². The van der Waals surface area contributed by atoms with Crippen molar-refractivity contribution >= 4 is 18.5 Å². The fourth-order valence-electron chi connectivity index (χ4n) is 4.63. The Hall–Kier alpha value is -2.40. The van der Waals surface area contributed by atoms with Crippen LogP contribution in [0.25, 0.3) is 0 Å². The molecule has 0 radical (unpaired) electrons. The second kappa shape index (κ2) is 9.33. The van der Waals surface area contributed by atoms with Gasteiger partial charge in [-0.05, 0) is 44.5 Å². The first-order chi connectivity index (χ1) is 15.7. The van der Waals surface area contributed by atoms with Gasteiger partial charge in [0, 0.05) is 11.5 Å². The van der Waals surface area contributed by atoms with Gasteiger partial charge in [-0.1, -0.05) is 30.3 Å². The highest BCUT2D eigenvalue weighted by atomic mass is 32.1. The zero-order chi connectivity index (χ0) is 25.5. The first kappa shape index (κ1) is 26.2. The summed E-state index contributed by atoms with van der Waals surface area (Å²) < 4.78 is 89.4. The molecule has 4 nitrogen and oxygen atoms in total. The van der Waals surface area contributed by atoms with Crippen LogP contribution in [0.15, 0.2) is 36.4 Å². The zero-order valence-corrected chi connectivity index (χ0v) is 19.3. The number of methoxy groups -OCH3 is 1. The zero-order valence-electron chi connectivity index (χ0n) is 18.4. The van der Waals surface area contributed by atoms with Crippen LogP contribution in [-0.2, 0) is 12.4 Å². The first-order valence-corrected chi connectivity index (χ1v) is 10.9. The molecule has 2 unspecified atom stereocenters. The Morgan fingerprint density at radius 1 is 1.03 bits per heavy atom. The number of likely N-dealkylation sites (tertiary alicyclic amines) is 1. The normalized spacial score (nSPS) is 17.9. The van der Waals surface area contributed by atoms with Gasteiger partial charge < -0.3 is 10.5 Å². The number of hydrogen-bond acceptors (Lipinski definition) is 4. The van der Waals surface area contributed by atoms with Crippen molar-refractivity contribution in [1.82, 2.24) is 4.90 Å². The molecule has 2 N–H and O–H groups in total. The van der Waals surface area contributed by atoms with Gasteiger partial charge in [-0.15, -0.1) is 0 Å². The van der Waals surface area contributed by atoms with Gasteiger partial charge in [0.25, 0.3) is 5.91 Å². The van der Waals surface area contributed by atoms with E-state index in [1.165, 1.54) is 0 Å². The molecule has 1 amide bonds. The largest absolute Gasteiger partial charge is 0.496 e. The fraction of sp³-hybridized carbons (Fsp3) is 0.435. The first-order valence-electron chi connectivity index (χ1n) is 10.4. The highest BCUT2D eigenvalue weighted by Gasteiger charge is 2.49. The van der Waals surface area contributed by atoms with Crippen molar-refractivity contribution in [2.24, 2.45) is 5.73 Å². The summed E-state index contributed by atoms with van der Waals surface area (Å²) >= 11 is 4.76. The molecule has 2 aromatic carbocycles. The molecule has 3 rings (SSSR count). The Morgan fingerprint density at radius 3 is 2.00 bits per heavy atom. The lowest BCUT2D eigenvalue weighted by Gasteiger charge is -2.43. The van der Waals surface area contributed by atoms with Crippen LogP contribution in [0.5, 0.6) is 5.75 Å². The Balaban J connectivity index is 2.50. The second-order valence-corrected chi connectivity index (χ2v) is 9.19. The van der Waals surface area contributed by atoms with E-state index in [0.29, 0.717) is 18.7 Å². The molecule has 1 aliphatic heterocycles. The minimum absolute atomic E-state index is 0.0538. The van der Waals surface area contributed by atoms with E-state index in [9.17, 15) is 31.1 Å². The average molecular weight is 507 g/mol. The molecule has 0 saturated carbocycles. The number of benzene rings is 2. The Morgan fingerprint density at radius 2 is 1.56 bits per heavy atom. The summed E-state index contributed by atoms with van der Waals surface area (Å²) in [5.41, 5.74) is 0.492. The number of rotatable bonds is 6. The van der Waals surface area contributed by atoms with E-state index in [1.807, 2.05) is 4.90 Å². The molecule has 1 aliphatic rings. The van der Waals surface area contributed by atoms with Crippen molar-refractivity contribution in [3.05, 3.63) is 64.2 Å². The van der Waals surface area contributed by atoms with Crippen LogP contribution in [0, 0.1) is 0 Å². The van der Waals surface area contributed by atoms with Crippen molar-refractivity contribution in [2.75, 3.05) is 20.2 Å². The molecule has 1 fully saturated rings. The van der Waals surface area contributed by atoms with E-state index in [-0.39, 0.29) is 6.07 Å². The van der Waals surface area contributed by atoms with E-state index in [4.69, 9.17) is 23.1 Å². The summed E-state index contributed by atoms with van der Waals surface area (Å²) in [6.45, 7) is 2.69. The summed E-state index contributed by atoms with van der Waals surface area (Å²) in [5.74, 6) is -3.63. The molecule has 0 aliphatic carbocycles. The van der Waals surface area contributed by atoms with E-state index >= 15 is 0 Å². The maximum atomic E-state index is 14.3. The van der Waals surface area contributed by atoms with Crippen LogP contribution >= 0.6 is 12.6 Å². The van der Waals surface area contributed by atoms with Gasteiger partial charge in [-0.2, -0.15) is 39.0 Å². The highest BCUT2D eigenvalue weighted by molar-refractivity contribution is 7.81. The Bertz CT molecular complexity index is 1050. The van der Waals surface area contributed by atoms with Gasteiger partial charge in [0.05, 0.1) is 28.7 Å². The summed E-state index contributed by atoms with van der Waals surface area (Å²) in [6, 6.07) is 7.95. The smallest absolute Gasteiger partial charge is 0.417 e. The van der Waals surface area contributed by atoms with E-state index in [2.05, 4.69) is 0 Å². The molecule has 1 saturated heterocycles. The number of nitrogens with two attached hydrogens (primary N) is 1. The van der Waals surface area contributed by atoms with Crippen molar-refractivity contribution < 1.29 is 35.9 Å². The molecule has 186 valence electrons. The number of alkyl halides is 6. The van der Waals surface area contributed by atoms with Crippen molar-refractivity contribution in [3.63, 3.8) is 0 Å². The molecular formula is C23H24F6N2O2S. The minimum atomic E-state index is -5.28. The van der Waals surface area contributed by atoms with Crippen LogP contribution in [0.1, 0.15) is 58.3 Å². The number of carbonyl (C=O) groups excluding carboxylic acids is 1. The van der Waals surface area contributed by atoms with Gasteiger partial charge in [0.1, 0.15) is 5.75 Å². The number of primary amides is 1. The summed E-state index contributed by atoms with van der Waals surface area (Å²) in [4.78, 5) is 12.7. The number of carbonyl (C=O) groups is 1. The Kier molecular flexibility index (Phi) is 7.19. The van der Waals surface area contributed by atoms with Crippen molar-refractivity contribution in [3.8, 4) is 5.75 Å². The predicted octanol–water partition coefficient (Wildman–Crippen LogP) is 5.71. The number of hydrogen-bond donors (Lipinski definition) is 2. The number of ether oxygens (including phenoxy) is 1. The molecule has 34 heavy (non-hydrogen) atoms. The quantitative estimate of drug-likeness (QED) is 0.390. The van der Waals surface area contributed by atoms with Crippen LogP contribution in [0.4, 0.5) is 26.3 Å². The molecule has 0 spiro atoms. The van der Waals surface area contributed by atoms with Crippen LogP contribution in [0.3, 0.4) is 0 Å². The molecule has 0 aromatic heterocycles. The second-order valence-electron chi connectivity index (χ2n) is 8.29. The predicted molar refractivity (Wildman–Crippen MR) is 118 cm³/mol.